The molecule has 0 unspecified atom stereocenters. The van der Waals surface area contributed by atoms with Crippen LogP contribution in [-0.4, -0.2) is 42.0 Å². The highest BCUT2D eigenvalue weighted by Gasteiger charge is 2.52. The lowest BCUT2D eigenvalue weighted by molar-refractivity contribution is 0.00578. The van der Waals surface area contributed by atoms with Gasteiger partial charge in [0.1, 0.15) is 0 Å². The van der Waals surface area contributed by atoms with Crippen LogP contribution in [0.15, 0.2) is 72.8 Å². The average Bonchev–Trinajstić information content (AvgIpc) is 3.34. The van der Waals surface area contributed by atoms with E-state index in [1.165, 1.54) is 31.2 Å². The topological polar surface area (TPSA) is 40.2 Å². The molecule has 0 N–H and O–H groups in total. The standard InChI is InChI=1S/C36H48B2BrNO4/c1-33(2)34(3,4)42-37(41-33)28-16-22-31(23-17-28)40(30-20-14-27(15-21-30)13-11-9-10-12-26-39)32-24-18-29(19-25-32)38-43-35(5,6)36(7,8)44-38/h14-25H,9-13,26H2,1-8H3. The Bertz CT molecular complexity index is 1280. The maximum Gasteiger partial charge on any atom is 0.494 e. The Labute approximate surface area is 274 Å². The van der Waals surface area contributed by atoms with E-state index < -0.39 is 14.2 Å². The number of nitrogens with zero attached hydrogens (tertiary/aromatic N) is 1. The fourth-order valence-electron chi connectivity index (χ4n) is 5.56. The van der Waals surface area contributed by atoms with Crippen LogP contribution in [0.4, 0.5) is 17.1 Å². The summed E-state index contributed by atoms with van der Waals surface area (Å²) in [4.78, 5) is 2.29. The fraction of sp³-hybridized carbons (Fsp3) is 0.500. The van der Waals surface area contributed by atoms with Crippen LogP contribution in [0.25, 0.3) is 0 Å². The molecule has 2 saturated heterocycles. The summed E-state index contributed by atoms with van der Waals surface area (Å²) in [5.41, 5.74) is 5.13. The van der Waals surface area contributed by atoms with Crippen LogP contribution in [0.3, 0.4) is 0 Å². The highest BCUT2D eigenvalue weighted by molar-refractivity contribution is 9.09. The second-order valence-electron chi connectivity index (χ2n) is 14.2. The summed E-state index contributed by atoms with van der Waals surface area (Å²) in [6.07, 6.45) is 6.12. The van der Waals surface area contributed by atoms with Crippen LogP contribution >= 0.6 is 15.9 Å². The molecular weight excluding hydrogens is 612 g/mol. The van der Waals surface area contributed by atoms with E-state index >= 15 is 0 Å². The summed E-state index contributed by atoms with van der Waals surface area (Å²) in [6, 6.07) is 26.1. The van der Waals surface area contributed by atoms with Gasteiger partial charge in [-0.1, -0.05) is 65.2 Å². The van der Waals surface area contributed by atoms with Crippen LogP contribution in [0, 0.1) is 0 Å². The Morgan fingerprint density at radius 3 is 1.20 bits per heavy atom. The van der Waals surface area contributed by atoms with Gasteiger partial charge in [-0.3, -0.25) is 0 Å². The fourth-order valence-corrected chi connectivity index (χ4v) is 5.95. The van der Waals surface area contributed by atoms with E-state index in [0.717, 1.165) is 39.7 Å². The maximum absolute atomic E-state index is 6.32. The monoisotopic (exact) mass is 659 g/mol. The average molecular weight is 660 g/mol. The molecule has 234 valence electrons. The molecule has 2 aliphatic heterocycles. The minimum atomic E-state index is -0.393. The Morgan fingerprint density at radius 2 is 0.841 bits per heavy atom. The first kappa shape index (κ1) is 33.3. The second kappa shape index (κ2) is 13.0. The zero-order valence-electron chi connectivity index (χ0n) is 27.8. The molecule has 44 heavy (non-hydrogen) atoms. The SMILES string of the molecule is CC1(C)OB(c2ccc(N(c3ccc(CCCCCCBr)cc3)c3ccc(B4OC(C)(C)C(C)(C)O4)cc3)cc2)OC1(C)C. The predicted octanol–water partition coefficient (Wildman–Crippen LogP) is 8.25. The van der Waals surface area contributed by atoms with Gasteiger partial charge in [0.2, 0.25) is 0 Å². The van der Waals surface area contributed by atoms with E-state index in [9.17, 15) is 0 Å². The smallest absolute Gasteiger partial charge is 0.399 e. The van der Waals surface area contributed by atoms with Gasteiger partial charge in [-0.25, -0.2) is 0 Å². The molecule has 0 atom stereocenters. The maximum atomic E-state index is 6.32. The van der Waals surface area contributed by atoms with Crippen molar-refractivity contribution in [1.29, 1.82) is 0 Å². The van der Waals surface area contributed by atoms with Crippen LogP contribution in [-0.2, 0) is 25.0 Å². The molecule has 3 aromatic carbocycles. The molecule has 5 nitrogen and oxygen atoms in total. The number of halogens is 1. The van der Waals surface area contributed by atoms with Crippen LogP contribution in [0.1, 0.15) is 86.6 Å². The lowest BCUT2D eigenvalue weighted by atomic mass is 9.79. The zero-order valence-corrected chi connectivity index (χ0v) is 29.4. The Hall–Kier alpha value is -2.09. The van der Waals surface area contributed by atoms with Gasteiger partial charge in [0, 0.05) is 22.4 Å². The summed E-state index contributed by atoms with van der Waals surface area (Å²) < 4.78 is 25.3. The van der Waals surface area contributed by atoms with Crippen molar-refractivity contribution in [2.24, 2.45) is 0 Å². The molecule has 2 aliphatic rings. The van der Waals surface area contributed by atoms with Gasteiger partial charge in [0.15, 0.2) is 0 Å². The lowest BCUT2D eigenvalue weighted by Crippen LogP contribution is -2.41. The van der Waals surface area contributed by atoms with Gasteiger partial charge in [-0.2, -0.15) is 0 Å². The van der Waals surface area contributed by atoms with Gasteiger partial charge in [-0.15, -0.1) is 0 Å². The normalized spacial score (nSPS) is 19.8. The highest BCUT2D eigenvalue weighted by atomic mass is 79.9. The largest absolute Gasteiger partial charge is 0.494 e. The molecule has 0 aliphatic carbocycles. The lowest BCUT2D eigenvalue weighted by Gasteiger charge is -2.32. The molecule has 0 amide bonds. The van der Waals surface area contributed by atoms with Gasteiger partial charge >= 0.3 is 14.2 Å². The van der Waals surface area contributed by atoms with Gasteiger partial charge in [-0.05, 0) is 128 Å². The quantitative estimate of drug-likeness (QED) is 0.118. The first-order valence-electron chi connectivity index (χ1n) is 16.1. The van der Waals surface area contributed by atoms with E-state index in [-0.39, 0.29) is 22.4 Å². The van der Waals surface area contributed by atoms with E-state index in [0.29, 0.717) is 0 Å². The number of benzene rings is 3. The predicted molar refractivity (Wildman–Crippen MR) is 189 cm³/mol. The molecule has 3 aromatic rings. The van der Waals surface area contributed by atoms with Gasteiger partial charge in [0.25, 0.3) is 0 Å². The molecule has 2 fully saturated rings. The van der Waals surface area contributed by atoms with Crippen molar-refractivity contribution in [1.82, 2.24) is 0 Å². The number of hydrogen-bond acceptors (Lipinski definition) is 5. The molecule has 0 radical (unpaired) electrons. The molecule has 0 spiro atoms. The van der Waals surface area contributed by atoms with Crippen molar-refractivity contribution in [2.45, 2.75) is 110 Å². The third-order valence-electron chi connectivity index (χ3n) is 9.90. The number of aryl methyl sites for hydroxylation is 1. The van der Waals surface area contributed by atoms with Crippen molar-refractivity contribution in [3.8, 4) is 0 Å². The van der Waals surface area contributed by atoms with Crippen molar-refractivity contribution >= 4 is 58.2 Å². The third-order valence-corrected chi connectivity index (χ3v) is 10.5. The molecule has 0 bridgehead atoms. The van der Waals surface area contributed by atoms with Crippen molar-refractivity contribution in [3.05, 3.63) is 78.4 Å². The molecular formula is C36H48B2BrNO4. The van der Waals surface area contributed by atoms with Crippen LogP contribution < -0.4 is 15.8 Å². The van der Waals surface area contributed by atoms with Crippen molar-refractivity contribution in [3.63, 3.8) is 0 Å². The Balaban J connectivity index is 1.40. The first-order valence-corrected chi connectivity index (χ1v) is 17.2. The second-order valence-corrected chi connectivity index (χ2v) is 15.0. The summed E-state index contributed by atoms with van der Waals surface area (Å²) >= 11 is 3.54. The van der Waals surface area contributed by atoms with E-state index in [2.05, 4.69) is 149 Å². The van der Waals surface area contributed by atoms with Crippen molar-refractivity contribution < 1.29 is 18.6 Å². The minimum Gasteiger partial charge on any atom is -0.399 e. The summed E-state index contributed by atoms with van der Waals surface area (Å²) in [5.74, 6) is 0. The summed E-state index contributed by atoms with van der Waals surface area (Å²) in [7, 11) is -0.786. The van der Waals surface area contributed by atoms with Gasteiger partial charge < -0.3 is 23.5 Å². The van der Waals surface area contributed by atoms with Crippen LogP contribution in [0.5, 0.6) is 0 Å². The van der Waals surface area contributed by atoms with Crippen LogP contribution in [0.2, 0.25) is 0 Å². The van der Waals surface area contributed by atoms with Gasteiger partial charge in [0.05, 0.1) is 22.4 Å². The number of unbranched alkanes of at least 4 members (excludes halogenated alkanes) is 3. The van der Waals surface area contributed by atoms with E-state index in [1.54, 1.807) is 0 Å². The molecule has 0 aromatic heterocycles. The Kier molecular flexibility index (Phi) is 9.80. The van der Waals surface area contributed by atoms with E-state index in [4.69, 9.17) is 18.6 Å². The molecule has 5 rings (SSSR count). The minimum absolute atomic E-state index is 0.378. The first-order chi connectivity index (χ1) is 20.7. The number of rotatable bonds is 11. The summed E-state index contributed by atoms with van der Waals surface area (Å²) in [6.45, 7) is 16.7. The zero-order chi connectivity index (χ0) is 31.8. The number of hydrogen-bond donors (Lipinski definition) is 0. The van der Waals surface area contributed by atoms with E-state index in [1.807, 2.05) is 0 Å². The Morgan fingerprint density at radius 1 is 0.500 bits per heavy atom. The molecule has 0 saturated carbocycles. The van der Waals surface area contributed by atoms with Crippen molar-refractivity contribution in [2.75, 3.05) is 10.2 Å². The molecule has 2 heterocycles. The number of alkyl halides is 1. The summed E-state index contributed by atoms with van der Waals surface area (Å²) in [5, 5.41) is 1.09. The highest BCUT2D eigenvalue weighted by Crippen LogP contribution is 2.39. The molecule has 8 heteroatoms. The third kappa shape index (κ3) is 7.00. The number of anilines is 3.